The number of hydrogen-bond acceptors (Lipinski definition) is 5. The van der Waals surface area contributed by atoms with Crippen LogP contribution in [0.25, 0.3) is 0 Å². The third-order valence-electron chi connectivity index (χ3n) is 6.32. The molecule has 40 heavy (non-hydrogen) atoms. The van der Waals surface area contributed by atoms with Crippen LogP contribution in [0.15, 0.2) is 89.8 Å². The van der Waals surface area contributed by atoms with E-state index in [0.29, 0.717) is 18.6 Å². The highest BCUT2D eigenvalue weighted by molar-refractivity contribution is 7.92. The number of sulfonamides is 1. The summed E-state index contributed by atoms with van der Waals surface area (Å²) in [6, 6.07) is 23.4. The van der Waals surface area contributed by atoms with Crippen LogP contribution in [0.2, 0.25) is 0 Å². The van der Waals surface area contributed by atoms with E-state index in [1.807, 2.05) is 58.0 Å². The van der Waals surface area contributed by atoms with E-state index in [4.69, 9.17) is 4.74 Å². The Bertz CT molecular complexity index is 1370. The number of methoxy groups -OCH3 is 1. The van der Waals surface area contributed by atoms with Gasteiger partial charge in [-0.15, -0.1) is 0 Å². The highest BCUT2D eigenvalue weighted by Gasteiger charge is 2.34. The van der Waals surface area contributed by atoms with Crippen LogP contribution in [0.1, 0.15) is 39.7 Å². The molecule has 214 valence electrons. The minimum absolute atomic E-state index is 0.0546. The molecule has 1 N–H and O–H groups in total. The number of carbonyl (C=O) groups excluding carboxylic acids is 2. The van der Waals surface area contributed by atoms with Crippen molar-refractivity contribution in [3.63, 3.8) is 0 Å². The van der Waals surface area contributed by atoms with Crippen molar-refractivity contribution >= 4 is 27.5 Å². The first-order valence-corrected chi connectivity index (χ1v) is 14.8. The maximum atomic E-state index is 14.1. The second-order valence-corrected chi connectivity index (χ2v) is 12.4. The quantitative estimate of drug-likeness (QED) is 0.345. The molecule has 1 unspecified atom stereocenters. The molecule has 0 radical (unpaired) electrons. The normalized spacial score (nSPS) is 12.3. The van der Waals surface area contributed by atoms with Crippen molar-refractivity contribution in [2.24, 2.45) is 0 Å². The summed E-state index contributed by atoms with van der Waals surface area (Å²) in [4.78, 5) is 29.0. The van der Waals surface area contributed by atoms with E-state index in [1.165, 1.54) is 24.1 Å². The lowest BCUT2D eigenvalue weighted by Crippen LogP contribution is -2.56. The van der Waals surface area contributed by atoms with Gasteiger partial charge in [0.05, 0.1) is 17.7 Å². The lowest BCUT2D eigenvalue weighted by Gasteiger charge is -2.34. The zero-order chi connectivity index (χ0) is 29.3. The van der Waals surface area contributed by atoms with Crippen molar-refractivity contribution in [2.45, 2.75) is 57.0 Å². The van der Waals surface area contributed by atoms with Crippen LogP contribution >= 0.6 is 0 Å². The van der Waals surface area contributed by atoms with E-state index in [0.717, 1.165) is 9.87 Å². The first-order chi connectivity index (χ1) is 19.0. The predicted octanol–water partition coefficient (Wildman–Crippen LogP) is 4.66. The van der Waals surface area contributed by atoms with Gasteiger partial charge < -0.3 is 15.0 Å². The SMILES string of the molecule is CCC(C(=O)NC(C)(C)C)N(CCc1ccccc1)C(=O)CN(c1cccc(OC)c1)S(=O)(=O)c1ccccc1. The minimum atomic E-state index is -4.13. The van der Waals surface area contributed by atoms with Gasteiger partial charge in [0.25, 0.3) is 10.0 Å². The average Bonchev–Trinajstić information content (AvgIpc) is 2.93. The number of carbonyl (C=O) groups is 2. The van der Waals surface area contributed by atoms with Gasteiger partial charge in [-0.3, -0.25) is 13.9 Å². The molecular weight excluding hydrogens is 526 g/mol. The molecule has 8 nitrogen and oxygen atoms in total. The molecular formula is C31H39N3O5S. The van der Waals surface area contributed by atoms with Crippen molar-refractivity contribution in [1.29, 1.82) is 0 Å². The molecule has 0 heterocycles. The number of anilines is 1. The highest BCUT2D eigenvalue weighted by atomic mass is 32.2. The third kappa shape index (κ3) is 8.08. The molecule has 0 fully saturated rings. The molecule has 0 bridgehead atoms. The standard InChI is InChI=1S/C31H39N3O5S/c1-6-28(30(36)32-31(2,3)4)33(21-20-24-14-9-7-10-15-24)29(35)23-34(25-16-13-17-26(22-25)39-5)40(37,38)27-18-11-8-12-19-27/h7-19,22,28H,6,20-21,23H2,1-5H3,(H,32,36). The lowest BCUT2D eigenvalue weighted by molar-refractivity contribution is -0.140. The Kier molecular flexibility index (Phi) is 10.3. The fraction of sp³-hybridized carbons (Fsp3) is 0.355. The summed E-state index contributed by atoms with van der Waals surface area (Å²) in [5.74, 6) is -0.306. The van der Waals surface area contributed by atoms with E-state index in [2.05, 4.69) is 5.32 Å². The summed E-state index contributed by atoms with van der Waals surface area (Å²) >= 11 is 0. The Labute approximate surface area is 238 Å². The maximum absolute atomic E-state index is 14.1. The number of benzene rings is 3. The van der Waals surface area contributed by atoms with Crippen molar-refractivity contribution in [1.82, 2.24) is 10.2 Å². The summed E-state index contributed by atoms with van der Waals surface area (Å²) in [5, 5.41) is 2.98. The first kappa shape index (κ1) is 30.7. The second-order valence-electron chi connectivity index (χ2n) is 10.5. The molecule has 0 aliphatic rings. The molecule has 0 saturated heterocycles. The van der Waals surface area contributed by atoms with Crippen molar-refractivity contribution < 1.29 is 22.7 Å². The number of hydrogen-bond donors (Lipinski definition) is 1. The van der Waals surface area contributed by atoms with Gasteiger partial charge in [-0.05, 0) is 63.4 Å². The van der Waals surface area contributed by atoms with Gasteiger partial charge in [-0.2, -0.15) is 0 Å². The maximum Gasteiger partial charge on any atom is 0.264 e. The number of nitrogens with zero attached hydrogens (tertiary/aromatic N) is 2. The van der Waals surface area contributed by atoms with Crippen molar-refractivity contribution in [3.05, 3.63) is 90.5 Å². The van der Waals surface area contributed by atoms with Crippen molar-refractivity contribution in [3.8, 4) is 5.75 Å². The largest absolute Gasteiger partial charge is 0.497 e. The molecule has 2 amide bonds. The van der Waals surface area contributed by atoms with E-state index in [-0.39, 0.29) is 23.0 Å². The van der Waals surface area contributed by atoms with Gasteiger partial charge in [0.2, 0.25) is 11.8 Å². The zero-order valence-corrected chi connectivity index (χ0v) is 24.6. The number of rotatable bonds is 12. The van der Waals surface area contributed by atoms with Gasteiger partial charge in [-0.1, -0.05) is 61.5 Å². The zero-order valence-electron chi connectivity index (χ0n) is 23.8. The Hall–Kier alpha value is -3.85. The fourth-order valence-corrected chi connectivity index (χ4v) is 5.79. The Balaban J connectivity index is 2.03. The number of amides is 2. The summed E-state index contributed by atoms with van der Waals surface area (Å²) in [7, 11) is -2.64. The fourth-order valence-electron chi connectivity index (χ4n) is 4.36. The molecule has 3 aromatic carbocycles. The topological polar surface area (TPSA) is 96.0 Å². The molecule has 3 aromatic rings. The first-order valence-electron chi connectivity index (χ1n) is 13.3. The van der Waals surface area contributed by atoms with Gasteiger partial charge in [0.15, 0.2) is 0 Å². The van der Waals surface area contributed by atoms with Crippen LogP contribution in [0.5, 0.6) is 5.75 Å². The summed E-state index contributed by atoms with van der Waals surface area (Å²) in [6.07, 6.45) is 0.878. The number of ether oxygens (including phenoxy) is 1. The molecule has 0 saturated carbocycles. The molecule has 0 aromatic heterocycles. The van der Waals surface area contributed by atoms with E-state index >= 15 is 0 Å². The average molecular weight is 566 g/mol. The smallest absolute Gasteiger partial charge is 0.264 e. The minimum Gasteiger partial charge on any atom is -0.497 e. The van der Waals surface area contributed by atoms with Crippen LogP contribution in [-0.2, 0) is 26.0 Å². The lowest BCUT2D eigenvalue weighted by atomic mass is 10.1. The van der Waals surface area contributed by atoms with Gasteiger partial charge in [0.1, 0.15) is 18.3 Å². The van der Waals surface area contributed by atoms with E-state index < -0.39 is 34.1 Å². The second kappa shape index (κ2) is 13.5. The van der Waals surface area contributed by atoms with Crippen LogP contribution < -0.4 is 14.4 Å². The van der Waals surface area contributed by atoms with Crippen LogP contribution in [0, 0.1) is 0 Å². The molecule has 0 aliphatic heterocycles. The third-order valence-corrected chi connectivity index (χ3v) is 8.11. The summed E-state index contributed by atoms with van der Waals surface area (Å²) in [5.41, 5.74) is 0.793. The van der Waals surface area contributed by atoms with Crippen molar-refractivity contribution in [2.75, 3.05) is 24.5 Å². The molecule has 0 spiro atoms. The highest BCUT2D eigenvalue weighted by Crippen LogP contribution is 2.27. The predicted molar refractivity (Wildman–Crippen MR) is 158 cm³/mol. The molecule has 0 aliphatic carbocycles. The summed E-state index contributed by atoms with van der Waals surface area (Å²) in [6.45, 7) is 7.24. The van der Waals surface area contributed by atoms with E-state index in [9.17, 15) is 18.0 Å². The van der Waals surface area contributed by atoms with Crippen LogP contribution in [-0.4, -0.2) is 56.9 Å². The van der Waals surface area contributed by atoms with Crippen LogP contribution in [0.4, 0.5) is 5.69 Å². The van der Waals surface area contributed by atoms with E-state index in [1.54, 1.807) is 42.5 Å². The molecule has 9 heteroatoms. The Morgan fingerprint density at radius 1 is 0.925 bits per heavy atom. The van der Waals surface area contributed by atoms with Crippen LogP contribution in [0.3, 0.4) is 0 Å². The Morgan fingerprint density at radius 3 is 2.12 bits per heavy atom. The summed E-state index contributed by atoms with van der Waals surface area (Å²) < 4.78 is 34.1. The monoisotopic (exact) mass is 565 g/mol. The van der Waals surface area contributed by atoms with Gasteiger partial charge in [-0.25, -0.2) is 8.42 Å². The number of nitrogens with one attached hydrogen (secondary N) is 1. The molecule has 3 rings (SSSR count). The molecule has 1 atom stereocenters. The van der Waals surface area contributed by atoms with Gasteiger partial charge in [0, 0.05) is 18.2 Å². The Morgan fingerprint density at radius 2 is 1.55 bits per heavy atom. The van der Waals surface area contributed by atoms with Gasteiger partial charge >= 0.3 is 0 Å².